The summed E-state index contributed by atoms with van der Waals surface area (Å²) >= 11 is 1.51. The van der Waals surface area contributed by atoms with Crippen molar-refractivity contribution >= 4 is 23.2 Å². The molecule has 0 saturated carbocycles. The molecule has 0 radical (unpaired) electrons. The molecule has 3 rings (SSSR count). The maximum Gasteiger partial charge on any atom is 0.311 e. The Morgan fingerprint density at radius 1 is 1.39 bits per heavy atom. The number of thiazole rings is 1. The predicted molar refractivity (Wildman–Crippen MR) is 87.2 cm³/mol. The average molecular weight is 333 g/mol. The number of hydrogen-bond acceptors (Lipinski definition) is 4. The molecule has 6 nitrogen and oxygen atoms in total. The monoisotopic (exact) mass is 333 g/mol. The quantitative estimate of drug-likeness (QED) is 0.936. The molecule has 1 N–H and O–H groups in total. The highest BCUT2D eigenvalue weighted by molar-refractivity contribution is 7.12. The summed E-state index contributed by atoms with van der Waals surface area (Å²) < 4.78 is 1.96. The first kappa shape index (κ1) is 15.7. The Morgan fingerprint density at radius 2 is 2.13 bits per heavy atom. The van der Waals surface area contributed by atoms with Crippen LogP contribution < -0.4 is 0 Å². The van der Waals surface area contributed by atoms with E-state index in [2.05, 4.69) is 4.98 Å². The number of nitrogens with zero attached hydrogens (tertiary/aromatic N) is 3. The lowest BCUT2D eigenvalue weighted by molar-refractivity contribution is -0.147. The van der Waals surface area contributed by atoms with Crippen LogP contribution in [0.15, 0.2) is 17.6 Å². The number of hydrogen-bond donors (Lipinski definition) is 1. The number of carbonyl (C=O) groups excluding carboxylic acids is 1. The third kappa shape index (κ3) is 2.55. The topological polar surface area (TPSA) is 75.4 Å². The van der Waals surface area contributed by atoms with Crippen LogP contribution in [-0.4, -0.2) is 44.5 Å². The van der Waals surface area contributed by atoms with Crippen LogP contribution >= 0.6 is 11.3 Å². The largest absolute Gasteiger partial charge is 0.481 e. The molecule has 1 saturated heterocycles. The summed E-state index contributed by atoms with van der Waals surface area (Å²) in [4.78, 5) is 30.1. The molecule has 1 aliphatic heterocycles. The van der Waals surface area contributed by atoms with E-state index in [9.17, 15) is 14.7 Å². The number of aryl methyl sites for hydroxylation is 1. The summed E-state index contributed by atoms with van der Waals surface area (Å²) in [5, 5.41) is 12.0. The predicted octanol–water partition coefficient (Wildman–Crippen LogP) is 2.49. The van der Waals surface area contributed by atoms with E-state index in [1.807, 2.05) is 29.9 Å². The van der Waals surface area contributed by atoms with Gasteiger partial charge in [0.25, 0.3) is 5.91 Å². The standard InChI is InChI=1S/C16H19N3O3S/c1-10-8-12(11(2)19(10)15-17-5-7-23-15)13(20)18-6-4-16(3,9-18)14(21)22/h5,7-8H,4,6,9H2,1-3H3,(H,21,22). The first-order chi connectivity index (χ1) is 10.8. The maximum atomic E-state index is 12.8. The Kier molecular flexibility index (Phi) is 3.75. The van der Waals surface area contributed by atoms with Gasteiger partial charge in [-0.15, -0.1) is 11.3 Å². The van der Waals surface area contributed by atoms with Crippen molar-refractivity contribution in [3.8, 4) is 5.13 Å². The fourth-order valence-electron chi connectivity index (χ4n) is 3.08. The lowest BCUT2D eigenvalue weighted by Crippen LogP contribution is -2.35. The van der Waals surface area contributed by atoms with Crippen LogP contribution in [0.2, 0.25) is 0 Å². The van der Waals surface area contributed by atoms with Crippen molar-refractivity contribution in [1.82, 2.24) is 14.5 Å². The molecule has 1 fully saturated rings. The fourth-order valence-corrected chi connectivity index (χ4v) is 3.83. The Morgan fingerprint density at radius 3 is 2.70 bits per heavy atom. The molecular formula is C16H19N3O3S. The zero-order valence-corrected chi connectivity index (χ0v) is 14.2. The molecule has 0 aliphatic carbocycles. The minimum atomic E-state index is -0.851. The van der Waals surface area contributed by atoms with Crippen molar-refractivity contribution in [2.24, 2.45) is 5.41 Å². The van der Waals surface area contributed by atoms with Crippen molar-refractivity contribution in [2.45, 2.75) is 27.2 Å². The van der Waals surface area contributed by atoms with Crippen LogP contribution in [0, 0.1) is 19.3 Å². The number of carbonyl (C=O) groups is 2. The number of carboxylic acids is 1. The SMILES string of the molecule is Cc1cc(C(=O)N2CCC(C)(C(=O)O)C2)c(C)n1-c1nccs1. The highest BCUT2D eigenvalue weighted by Crippen LogP contribution is 2.32. The maximum absolute atomic E-state index is 12.8. The molecule has 0 spiro atoms. The van der Waals surface area contributed by atoms with Gasteiger partial charge in [0.15, 0.2) is 5.13 Å². The van der Waals surface area contributed by atoms with E-state index in [1.54, 1.807) is 18.0 Å². The molecule has 23 heavy (non-hydrogen) atoms. The zero-order valence-electron chi connectivity index (χ0n) is 13.4. The van der Waals surface area contributed by atoms with Gasteiger partial charge < -0.3 is 10.0 Å². The van der Waals surface area contributed by atoms with Crippen molar-refractivity contribution in [1.29, 1.82) is 0 Å². The Labute approximate surface area is 138 Å². The second-order valence-corrected chi connectivity index (χ2v) is 7.15. The number of amides is 1. The third-order valence-electron chi connectivity index (χ3n) is 4.55. The van der Waals surface area contributed by atoms with E-state index in [1.165, 1.54) is 11.3 Å². The molecule has 1 atom stereocenters. The highest BCUT2D eigenvalue weighted by atomic mass is 32.1. The Bertz CT molecular complexity index is 766. The normalized spacial score (nSPS) is 20.9. The molecule has 1 aliphatic rings. The minimum absolute atomic E-state index is 0.106. The van der Waals surface area contributed by atoms with Gasteiger partial charge >= 0.3 is 5.97 Å². The van der Waals surface area contributed by atoms with Crippen LogP contribution in [-0.2, 0) is 4.79 Å². The summed E-state index contributed by atoms with van der Waals surface area (Å²) in [5.74, 6) is -0.952. The van der Waals surface area contributed by atoms with Gasteiger partial charge in [0.05, 0.1) is 11.0 Å². The van der Waals surface area contributed by atoms with E-state index in [0.717, 1.165) is 16.5 Å². The van der Waals surface area contributed by atoms with Gasteiger partial charge in [0.2, 0.25) is 0 Å². The Hall–Kier alpha value is -2.15. The summed E-state index contributed by atoms with van der Waals surface area (Å²) in [6, 6.07) is 1.86. The zero-order chi connectivity index (χ0) is 16.8. The van der Waals surface area contributed by atoms with Crippen LogP contribution in [0.5, 0.6) is 0 Å². The van der Waals surface area contributed by atoms with E-state index in [4.69, 9.17) is 0 Å². The summed E-state index contributed by atoms with van der Waals surface area (Å²) in [7, 11) is 0. The lowest BCUT2D eigenvalue weighted by atomic mass is 9.90. The van der Waals surface area contributed by atoms with Gasteiger partial charge in [-0.2, -0.15) is 0 Å². The number of likely N-dealkylation sites (tertiary alicyclic amines) is 1. The van der Waals surface area contributed by atoms with Crippen LogP contribution in [0.25, 0.3) is 5.13 Å². The van der Waals surface area contributed by atoms with Crippen LogP contribution in [0.4, 0.5) is 0 Å². The molecule has 0 aromatic carbocycles. The first-order valence-corrected chi connectivity index (χ1v) is 8.33. The van der Waals surface area contributed by atoms with Crippen molar-refractivity contribution in [2.75, 3.05) is 13.1 Å². The second kappa shape index (κ2) is 5.49. The molecule has 122 valence electrons. The lowest BCUT2D eigenvalue weighted by Gasteiger charge is -2.20. The van der Waals surface area contributed by atoms with E-state index >= 15 is 0 Å². The third-order valence-corrected chi connectivity index (χ3v) is 5.31. The van der Waals surface area contributed by atoms with Gasteiger partial charge in [0.1, 0.15) is 0 Å². The highest BCUT2D eigenvalue weighted by Gasteiger charge is 2.42. The van der Waals surface area contributed by atoms with Gasteiger partial charge in [-0.1, -0.05) is 0 Å². The van der Waals surface area contributed by atoms with Crippen molar-refractivity contribution in [3.05, 3.63) is 34.6 Å². The fraction of sp³-hybridized carbons (Fsp3) is 0.438. The molecular weight excluding hydrogens is 314 g/mol. The molecule has 1 unspecified atom stereocenters. The average Bonchev–Trinajstić information content (AvgIpc) is 3.19. The molecule has 2 aromatic heterocycles. The number of aromatic nitrogens is 2. The Balaban J connectivity index is 1.90. The molecule has 1 amide bonds. The van der Waals surface area contributed by atoms with Crippen LogP contribution in [0.1, 0.15) is 35.1 Å². The molecule has 0 bridgehead atoms. The van der Waals surface area contributed by atoms with E-state index in [0.29, 0.717) is 18.5 Å². The van der Waals surface area contributed by atoms with Crippen LogP contribution in [0.3, 0.4) is 0 Å². The smallest absolute Gasteiger partial charge is 0.311 e. The van der Waals surface area contributed by atoms with Gasteiger partial charge in [0, 0.05) is 36.1 Å². The first-order valence-electron chi connectivity index (χ1n) is 7.45. The number of aliphatic carboxylic acids is 1. The summed E-state index contributed by atoms with van der Waals surface area (Å²) in [5.41, 5.74) is 1.55. The number of carboxylic acid groups (broad SMARTS) is 1. The minimum Gasteiger partial charge on any atom is -0.481 e. The van der Waals surface area contributed by atoms with Gasteiger partial charge in [-0.25, -0.2) is 4.98 Å². The van der Waals surface area contributed by atoms with Gasteiger partial charge in [-0.3, -0.25) is 14.2 Å². The van der Waals surface area contributed by atoms with Gasteiger partial charge in [-0.05, 0) is 33.3 Å². The molecule has 2 aromatic rings. The number of rotatable bonds is 3. The second-order valence-electron chi connectivity index (χ2n) is 6.28. The summed E-state index contributed by atoms with van der Waals surface area (Å²) in [6.07, 6.45) is 2.22. The summed E-state index contributed by atoms with van der Waals surface area (Å²) in [6.45, 7) is 6.26. The molecule has 7 heteroatoms. The molecule has 3 heterocycles. The van der Waals surface area contributed by atoms with Crippen molar-refractivity contribution < 1.29 is 14.7 Å². The van der Waals surface area contributed by atoms with Crippen molar-refractivity contribution in [3.63, 3.8) is 0 Å². The van der Waals surface area contributed by atoms with E-state index in [-0.39, 0.29) is 12.5 Å². The van der Waals surface area contributed by atoms with E-state index < -0.39 is 11.4 Å².